The van der Waals surface area contributed by atoms with Gasteiger partial charge in [-0.15, -0.1) is 0 Å². The van der Waals surface area contributed by atoms with E-state index in [4.69, 9.17) is 0 Å². The van der Waals surface area contributed by atoms with Gasteiger partial charge in [0, 0.05) is 43.4 Å². The summed E-state index contributed by atoms with van der Waals surface area (Å²) in [6.07, 6.45) is 7.05. The third-order valence-corrected chi connectivity index (χ3v) is 4.86. The van der Waals surface area contributed by atoms with Gasteiger partial charge in [0.05, 0.1) is 0 Å². The molecule has 0 saturated carbocycles. The predicted octanol–water partition coefficient (Wildman–Crippen LogP) is 4.28. The second-order valence-electron chi connectivity index (χ2n) is 6.85. The molecule has 1 N–H and O–H groups in total. The molecule has 1 aromatic carbocycles. The summed E-state index contributed by atoms with van der Waals surface area (Å²) in [6.45, 7) is 4.91. The second kappa shape index (κ2) is 9.13. The Morgan fingerprint density at radius 2 is 1.89 bits per heavy atom. The highest BCUT2D eigenvalue weighted by molar-refractivity contribution is 6.05. The monoisotopic (exact) mass is 374 g/mol. The molecule has 0 aliphatic carbocycles. The van der Waals surface area contributed by atoms with Gasteiger partial charge in [-0.25, -0.2) is 4.98 Å². The topological polar surface area (TPSA) is 58.1 Å². The SMILES string of the molecule is CCc1cccc(C)c1NC(=O)c1ccnc(N(C)CCc2ccncc2)c1. The third-order valence-electron chi connectivity index (χ3n) is 4.86. The number of rotatable bonds is 7. The maximum Gasteiger partial charge on any atom is 0.255 e. The lowest BCUT2D eigenvalue weighted by atomic mass is 10.1. The van der Waals surface area contributed by atoms with Crippen LogP contribution in [0.1, 0.15) is 34.0 Å². The molecule has 0 spiro atoms. The minimum atomic E-state index is -0.116. The minimum Gasteiger partial charge on any atom is -0.359 e. The average Bonchev–Trinajstić information content (AvgIpc) is 2.74. The van der Waals surface area contributed by atoms with Crippen molar-refractivity contribution in [2.45, 2.75) is 26.7 Å². The molecule has 1 amide bonds. The van der Waals surface area contributed by atoms with E-state index in [0.717, 1.165) is 42.0 Å². The molecule has 0 bridgehead atoms. The highest BCUT2D eigenvalue weighted by Crippen LogP contribution is 2.22. The number of hydrogen-bond acceptors (Lipinski definition) is 4. The number of nitrogens with one attached hydrogen (secondary N) is 1. The van der Waals surface area contributed by atoms with Crippen molar-refractivity contribution in [1.82, 2.24) is 9.97 Å². The van der Waals surface area contributed by atoms with Crippen molar-refractivity contribution in [2.75, 3.05) is 23.8 Å². The number of aryl methyl sites for hydroxylation is 2. The molecule has 0 atom stereocenters. The number of hydrogen-bond donors (Lipinski definition) is 1. The van der Waals surface area contributed by atoms with Crippen molar-refractivity contribution in [1.29, 1.82) is 0 Å². The van der Waals surface area contributed by atoms with E-state index in [2.05, 4.69) is 27.1 Å². The smallest absolute Gasteiger partial charge is 0.255 e. The Balaban J connectivity index is 1.71. The van der Waals surface area contributed by atoms with Crippen molar-refractivity contribution in [2.24, 2.45) is 0 Å². The highest BCUT2D eigenvalue weighted by Gasteiger charge is 2.13. The zero-order valence-corrected chi connectivity index (χ0v) is 16.6. The number of carbonyl (C=O) groups is 1. The van der Waals surface area contributed by atoms with Crippen LogP contribution in [-0.4, -0.2) is 29.5 Å². The molecular formula is C23H26N4O. The van der Waals surface area contributed by atoms with E-state index in [1.165, 1.54) is 5.56 Å². The van der Waals surface area contributed by atoms with Gasteiger partial charge in [-0.05, 0) is 60.7 Å². The molecule has 0 unspecified atom stereocenters. The maximum absolute atomic E-state index is 12.8. The molecule has 2 aromatic heterocycles. The Kier molecular flexibility index (Phi) is 6.37. The number of aromatic nitrogens is 2. The van der Waals surface area contributed by atoms with Crippen molar-refractivity contribution in [3.63, 3.8) is 0 Å². The zero-order chi connectivity index (χ0) is 19.9. The normalized spacial score (nSPS) is 10.5. The fourth-order valence-corrected chi connectivity index (χ4v) is 3.12. The zero-order valence-electron chi connectivity index (χ0n) is 16.6. The van der Waals surface area contributed by atoms with Gasteiger partial charge in [0.25, 0.3) is 5.91 Å². The van der Waals surface area contributed by atoms with Crippen molar-refractivity contribution in [3.05, 3.63) is 83.3 Å². The molecule has 2 heterocycles. The Labute approximate surface area is 166 Å². The number of nitrogens with zero attached hydrogens (tertiary/aromatic N) is 3. The lowest BCUT2D eigenvalue weighted by molar-refractivity contribution is 0.102. The Morgan fingerprint density at radius 3 is 2.64 bits per heavy atom. The van der Waals surface area contributed by atoms with E-state index in [0.29, 0.717) is 5.56 Å². The van der Waals surface area contributed by atoms with E-state index in [1.807, 2.05) is 50.4 Å². The van der Waals surface area contributed by atoms with Crippen LogP contribution in [0.3, 0.4) is 0 Å². The molecule has 0 radical (unpaired) electrons. The Hall–Kier alpha value is -3.21. The number of likely N-dealkylation sites (N-methyl/N-ethyl adjacent to an activating group) is 1. The Bertz CT molecular complexity index is 940. The summed E-state index contributed by atoms with van der Waals surface area (Å²) in [7, 11) is 1.99. The van der Waals surface area contributed by atoms with E-state index < -0.39 is 0 Å². The van der Waals surface area contributed by atoms with Crippen LogP contribution in [0.15, 0.2) is 61.1 Å². The van der Waals surface area contributed by atoms with Gasteiger partial charge in [-0.1, -0.05) is 25.1 Å². The lowest BCUT2D eigenvalue weighted by Crippen LogP contribution is -2.22. The first-order valence-corrected chi connectivity index (χ1v) is 9.54. The highest BCUT2D eigenvalue weighted by atomic mass is 16.1. The largest absolute Gasteiger partial charge is 0.359 e. The van der Waals surface area contributed by atoms with Crippen LogP contribution in [0.2, 0.25) is 0 Å². The fourth-order valence-electron chi connectivity index (χ4n) is 3.12. The van der Waals surface area contributed by atoms with Crippen LogP contribution in [0.4, 0.5) is 11.5 Å². The summed E-state index contributed by atoms with van der Waals surface area (Å²) in [5.41, 5.74) is 4.93. The number of benzene rings is 1. The third kappa shape index (κ3) is 4.74. The number of amides is 1. The van der Waals surface area contributed by atoms with Crippen molar-refractivity contribution >= 4 is 17.4 Å². The van der Waals surface area contributed by atoms with Gasteiger partial charge in [0.1, 0.15) is 5.82 Å². The molecule has 0 aliphatic heterocycles. The molecule has 0 aliphatic rings. The van der Waals surface area contributed by atoms with Crippen LogP contribution >= 0.6 is 0 Å². The van der Waals surface area contributed by atoms with Crippen LogP contribution in [0.5, 0.6) is 0 Å². The van der Waals surface area contributed by atoms with E-state index in [9.17, 15) is 4.79 Å². The molecule has 3 aromatic rings. The molecule has 5 heteroatoms. The number of anilines is 2. The summed E-state index contributed by atoms with van der Waals surface area (Å²) >= 11 is 0. The molecular weight excluding hydrogens is 348 g/mol. The molecule has 5 nitrogen and oxygen atoms in total. The summed E-state index contributed by atoms with van der Waals surface area (Å²) < 4.78 is 0. The van der Waals surface area contributed by atoms with Crippen LogP contribution in [0.25, 0.3) is 0 Å². The molecule has 0 saturated heterocycles. The summed E-state index contributed by atoms with van der Waals surface area (Å²) in [4.78, 5) is 23.4. The van der Waals surface area contributed by atoms with Crippen LogP contribution in [-0.2, 0) is 12.8 Å². The first kappa shape index (κ1) is 19.5. The molecule has 3 rings (SSSR count). The average molecular weight is 374 g/mol. The first-order valence-electron chi connectivity index (χ1n) is 9.54. The molecule has 28 heavy (non-hydrogen) atoms. The quantitative estimate of drug-likeness (QED) is 0.671. The standard InChI is InChI=1S/C23H26N4O/c1-4-19-7-5-6-17(2)22(19)26-23(28)20-10-14-25-21(16-20)27(3)15-11-18-8-12-24-13-9-18/h5-10,12-14,16H,4,11,15H2,1-3H3,(H,26,28). The summed E-state index contributed by atoms with van der Waals surface area (Å²) in [6, 6.07) is 13.7. The molecule has 0 fully saturated rings. The Morgan fingerprint density at radius 1 is 1.11 bits per heavy atom. The number of para-hydroxylation sites is 1. The van der Waals surface area contributed by atoms with E-state index in [-0.39, 0.29) is 5.91 Å². The van der Waals surface area contributed by atoms with Gasteiger partial charge in [0.15, 0.2) is 0 Å². The fraction of sp³-hybridized carbons (Fsp3) is 0.261. The minimum absolute atomic E-state index is 0.116. The van der Waals surface area contributed by atoms with Gasteiger partial charge < -0.3 is 10.2 Å². The van der Waals surface area contributed by atoms with Gasteiger partial charge >= 0.3 is 0 Å². The number of carbonyl (C=O) groups excluding carboxylic acids is 1. The molecule has 144 valence electrons. The summed E-state index contributed by atoms with van der Waals surface area (Å²) in [5.74, 6) is 0.664. The number of pyridine rings is 2. The van der Waals surface area contributed by atoms with E-state index in [1.54, 1.807) is 24.7 Å². The maximum atomic E-state index is 12.8. The second-order valence-corrected chi connectivity index (χ2v) is 6.85. The van der Waals surface area contributed by atoms with Crippen LogP contribution in [0, 0.1) is 6.92 Å². The van der Waals surface area contributed by atoms with Gasteiger partial charge in [-0.3, -0.25) is 9.78 Å². The van der Waals surface area contributed by atoms with Crippen LogP contribution < -0.4 is 10.2 Å². The lowest BCUT2D eigenvalue weighted by Gasteiger charge is -2.19. The predicted molar refractivity (Wildman–Crippen MR) is 114 cm³/mol. The summed E-state index contributed by atoms with van der Waals surface area (Å²) in [5, 5.41) is 3.08. The first-order chi connectivity index (χ1) is 13.6. The van der Waals surface area contributed by atoms with E-state index >= 15 is 0 Å². The van der Waals surface area contributed by atoms with Gasteiger partial charge in [-0.2, -0.15) is 0 Å². The van der Waals surface area contributed by atoms with Crippen molar-refractivity contribution in [3.8, 4) is 0 Å². The van der Waals surface area contributed by atoms with Crippen molar-refractivity contribution < 1.29 is 4.79 Å². The van der Waals surface area contributed by atoms with Gasteiger partial charge in [0.2, 0.25) is 0 Å².